The van der Waals surface area contributed by atoms with Crippen LogP contribution in [0.1, 0.15) is 54.7 Å². The number of nitrogens with one attached hydrogen (secondary N) is 2. The molecule has 31 heavy (non-hydrogen) atoms. The number of aromatic nitrogens is 2. The van der Waals surface area contributed by atoms with Crippen LogP contribution < -0.4 is 5.32 Å². The van der Waals surface area contributed by atoms with E-state index in [1.165, 1.54) is 24.7 Å². The molecule has 0 saturated carbocycles. The summed E-state index contributed by atoms with van der Waals surface area (Å²) in [4.78, 5) is 42.6. The van der Waals surface area contributed by atoms with Gasteiger partial charge in [0.05, 0.1) is 11.9 Å². The largest absolute Gasteiger partial charge is 0.480 e. The van der Waals surface area contributed by atoms with Gasteiger partial charge in [0, 0.05) is 29.3 Å². The summed E-state index contributed by atoms with van der Waals surface area (Å²) in [6.07, 6.45) is 5.92. The average molecular weight is 450 g/mol. The number of rotatable bonds is 12. The molecule has 1 heterocycles. The summed E-state index contributed by atoms with van der Waals surface area (Å²) in [6.45, 7) is 3.95. The van der Waals surface area contributed by atoms with Gasteiger partial charge in [-0.05, 0) is 36.5 Å². The van der Waals surface area contributed by atoms with E-state index in [4.69, 9.17) is 16.7 Å². The van der Waals surface area contributed by atoms with Crippen LogP contribution in [0.3, 0.4) is 0 Å². The minimum Gasteiger partial charge on any atom is -0.480 e. The third kappa shape index (κ3) is 7.10. The second-order valence-electron chi connectivity index (χ2n) is 7.72. The van der Waals surface area contributed by atoms with Crippen LogP contribution in [0, 0.1) is 11.8 Å². The fourth-order valence-corrected chi connectivity index (χ4v) is 3.79. The van der Waals surface area contributed by atoms with Gasteiger partial charge in [-0.2, -0.15) is 0 Å². The Hall–Kier alpha value is -2.87. The Bertz CT molecular complexity index is 901. The molecule has 0 fully saturated rings. The summed E-state index contributed by atoms with van der Waals surface area (Å²) < 4.78 is 0. The number of carbonyl (C=O) groups excluding carboxylic acids is 1. The van der Waals surface area contributed by atoms with E-state index in [0.717, 1.165) is 18.4 Å². The van der Waals surface area contributed by atoms with E-state index in [0.29, 0.717) is 23.6 Å². The third-order valence-corrected chi connectivity index (χ3v) is 5.68. The van der Waals surface area contributed by atoms with Gasteiger partial charge in [0.25, 0.3) is 0 Å². The first-order chi connectivity index (χ1) is 14.7. The molecule has 0 aliphatic carbocycles. The van der Waals surface area contributed by atoms with Gasteiger partial charge >= 0.3 is 11.9 Å². The van der Waals surface area contributed by atoms with Gasteiger partial charge in [-0.15, -0.1) is 0 Å². The Labute approximate surface area is 186 Å². The summed E-state index contributed by atoms with van der Waals surface area (Å²) in [6, 6.07) is 3.48. The highest BCUT2D eigenvalue weighted by atomic mass is 35.5. The molecule has 0 bridgehead atoms. The van der Waals surface area contributed by atoms with Crippen molar-refractivity contribution in [1.29, 1.82) is 0 Å². The van der Waals surface area contributed by atoms with Gasteiger partial charge in [-0.25, -0.2) is 14.6 Å². The van der Waals surface area contributed by atoms with Crippen molar-refractivity contribution < 1.29 is 24.6 Å². The lowest BCUT2D eigenvalue weighted by Gasteiger charge is -2.25. The third-order valence-electron chi connectivity index (χ3n) is 5.33. The summed E-state index contributed by atoms with van der Waals surface area (Å²) in [5, 5.41) is 21.6. The van der Waals surface area contributed by atoms with Crippen LogP contribution in [0.4, 0.5) is 0 Å². The number of imidazole rings is 1. The lowest BCUT2D eigenvalue weighted by Crippen LogP contribution is -2.46. The van der Waals surface area contributed by atoms with Crippen LogP contribution in [0.5, 0.6) is 0 Å². The highest BCUT2D eigenvalue weighted by Gasteiger charge is 2.29. The van der Waals surface area contributed by atoms with Crippen molar-refractivity contribution in [3.05, 3.63) is 52.6 Å². The van der Waals surface area contributed by atoms with Crippen molar-refractivity contribution in [3.63, 3.8) is 0 Å². The number of hydrogen-bond donors (Lipinski definition) is 4. The Morgan fingerprint density at radius 3 is 2.52 bits per heavy atom. The molecule has 0 aliphatic rings. The molecule has 1 aromatic carbocycles. The molecule has 3 atom stereocenters. The molecule has 2 aromatic rings. The molecule has 1 aromatic heterocycles. The highest BCUT2D eigenvalue weighted by Crippen LogP contribution is 2.27. The monoisotopic (exact) mass is 449 g/mol. The maximum atomic E-state index is 13.0. The number of hydrogen-bond acceptors (Lipinski definition) is 4. The Morgan fingerprint density at radius 2 is 1.97 bits per heavy atom. The van der Waals surface area contributed by atoms with Gasteiger partial charge in [-0.1, -0.05) is 44.4 Å². The predicted octanol–water partition coefficient (Wildman–Crippen LogP) is 3.56. The lowest BCUT2D eigenvalue weighted by atomic mass is 9.84. The minimum absolute atomic E-state index is 0.102. The maximum absolute atomic E-state index is 13.0. The van der Waals surface area contributed by atoms with Crippen LogP contribution >= 0.6 is 11.6 Å². The fraction of sp³-hybridized carbons (Fsp3) is 0.455. The van der Waals surface area contributed by atoms with Crippen molar-refractivity contribution in [2.45, 2.75) is 52.0 Å². The zero-order valence-electron chi connectivity index (χ0n) is 17.6. The second-order valence-corrected chi connectivity index (χ2v) is 8.13. The van der Waals surface area contributed by atoms with Crippen LogP contribution in [-0.4, -0.2) is 44.1 Å². The van der Waals surface area contributed by atoms with Gasteiger partial charge in [0.1, 0.15) is 6.04 Å². The number of aromatic carboxylic acids is 1. The molecule has 8 nitrogen and oxygen atoms in total. The number of H-pyrrole nitrogens is 1. The Kier molecular flexibility index (Phi) is 9.05. The maximum Gasteiger partial charge on any atom is 0.335 e. The van der Waals surface area contributed by atoms with Crippen LogP contribution in [0.15, 0.2) is 30.7 Å². The number of aromatic amines is 1. The molecule has 0 radical (unpaired) electrons. The number of carboxylic acids is 2. The lowest BCUT2D eigenvalue weighted by molar-refractivity contribution is -0.142. The normalized spacial score (nSPS) is 13.9. The number of benzene rings is 1. The number of halogens is 1. The molecule has 0 spiro atoms. The van der Waals surface area contributed by atoms with Crippen LogP contribution in [0.2, 0.25) is 5.02 Å². The van der Waals surface area contributed by atoms with Gasteiger partial charge in [0.2, 0.25) is 5.91 Å². The van der Waals surface area contributed by atoms with Crippen LogP contribution in [-0.2, 0) is 22.4 Å². The molecule has 0 aliphatic heterocycles. The first-order valence-corrected chi connectivity index (χ1v) is 10.6. The summed E-state index contributed by atoms with van der Waals surface area (Å²) >= 11 is 6.26. The summed E-state index contributed by atoms with van der Waals surface area (Å²) in [7, 11) is 0. The van der Waals surface area contributed by atoms with E-state index < -0.39 is 23.9 Å². The van der Waals surface area contributed by atoms with Crippen molar-refractivity contribution in [1.82, 2.24) is 15.3 Å². The van der Waals surface area contributed by atoms with Crippen molar-refractivity contribution in [3.8, 4) is 0 Å². The van der Waals surface area contributed by atoms with Gasteiger partial charge < -0.3 is 20.5 Å². The van der Waals surface area contributed by atoms with E-state index in [2.05, 4.69) is 15.3 Å². The smallest absolute Gasteiger partial charge is 0.335 e. The van der Waals surface area contributed by atoms with Crippen molar-refractivity contribution >= 4 is 29.4 Å². The summed E-state index contributed by atoms with van der Waals surface area (Å²) in [5.74, 6) is -3.01. The van der Waals surface area contributed by atoms with Gasteiger partial charge in [0.15, 0.2) is 0 Å². The van der Waals surface area contributed by atoms with E-state index in [1.54, 1.807) is 6.07 Å². The molecular formula is C22H28ClN3O5. The Balaban J connectivity index is 2.13. The van der Waals surface area contributed by atoms with Gasteiger partial charge in [-0.3, -0.25) is 4.79 Å². The molecule has 2 rings (SSSR count). The van der Waals surface area contributed by atoms with E-state index in [9.17, 15) is 19.5 Å². The number of amides is 1. The molecule has 1 amide bonds. The van der Waals surface area contributed by atoms with E-state index >= 15 is 0 Å². The molecule has 0 saturated heterocycles. The first kappa shape index (κ1) is 24.4. The van der Waals surface area contributed by atoms with E-state index in [1.807, 2.05) is 13.8 Å². The number of unbranched alkanes of at least 4 members (excludes halogenated alkanes) is 1. The second kappa shape index (κ2) is 11.5. The first-order valence-electron chi connectivity index (χ1n) is 10.2. The number of aliphatic carboxylic acids is 1. The SMILES string of the molecule is CCCCC(C(=O)NC(Cc1cnc[nH]1)C(=O)O)C(C)Cc1ccc(C(=O)O)cc1Cl. The number of carboxylic acid groups (broad SMARTS) is 2. The quantitative estimate of drug-likeness (QED) is 0.391. The Morgan fingerprint density at radius 1 is 1.23 bits per heavy atom. The zero-order valence-corrected chi connectivity index (χ0v) is 18.4. The topological polar surface area (TPSA) is 132 Å². The number of nitrogens with zero attached hydrogens (tertiary/aromatic N) is 1. The van der Waals surface area contributed by atoms with Crippen molar-refractivity contribution in [2.24, 2.45) is 11.8 Å². The fourth-order valence-electron chi connectivity index (χ4n) is 3.53. The van der Waals surface area contributed by atoms with Crippen LogP contribution in [0.25, 0.3) is 0 Å². The molecule has 9 heteroatoms. The zero-order chi connectivity index (χ0) is 23.0. The predicted molar refractivity (Wildman–Crippen MR) is 116 cm³/mol. The minimum atomic E-state index is -1.11. The number of carbonyl (C=O) groups is 3. The summed E-state index contributed by atoms with van der Waals surface area (Å²) in [5.41, 5.74) is 1.47. The molecule has 3 unspecified atom stereocenters. The molecule has 168 valence electrons. The van der Waals surface area contributed by atoms with Crippen molar-refractivity contribution in [2.75, 3.05) is 0 Å². The van der Waals surface area contributed by atoms with E-state index in [-0.39, 0.29) is 23.8 Å². The molecular weight excluding hydrogens is 422 g/mol. The average Bonchev–Trinajstić information content (AvgIpc) is 3.22. The highest BCUT2D eigenvalue weighted by molar-refractivity contribution is 6.31. The standard InChI is InChI=1S/C22H28ClN3O5/c1-3-4-5-17(13(2)8-14-6-7-15(21(28)29)9-18(14)23)20(27)26-19(22(30)31)10-16-11-24-12-25-16/h6-7,9,11-13,17,19H,3-5,8,10H2,1-2H3,(H,24,25)(H,26,27)(H,28,29)(H,30,31). The molecule has 4 N–H and O–H groups in total.